The summed E-state index contributed by atoms with van der Waals surface area (Å²) < 4.78 is 0. The smallest absolute Gasteiger partial charge is 0.550 e. The molecule has 74 heavy (non-hydrogen) atoms. The van der Waals surface area contributed by atoms with E-state index in [0.717, 1.165) is 77.0 Å². The van der Waals surface area contributed by atoms with Crippen molar-refractivity contribution < 1.29 is 104 Å². The first-order valence-corrected chi connectivity index (χ1v) is 29.8. The van der Waals surface area contributed by atoms with Crippen molar-refractivity contribution in [3.63, 3.8) is 0 Å². The molecule has 14 heteroatoms. The Bertz CT molecular complexity index is 893. The first-order chi connectivity index (χ1) is 34.6. The van der Waals surface area contributed by atoms with Crippen LogP contribution in [0.5, 0.6) is 0 Å². The Morgan fingerprint density at radius 1 is 0.176 bits per heavy atom. The van der Waals surface area contributed by atoms with Crippen LogP contribution in [0.4, 0.5) is 0 Å². The molecule has 0 aliphatic carbocycles. The molecular weight excluding hydrogens is 1100 g/mol. The molecule has 0 aliphatic rings. The summed E-state index contributed by atoms with van der Waals surface area (Å²) in [7, 11) is 0. The SMILES string of the molecule is CCCCCCCCCC(=O)[O-].CCCCCCCCCC(=O)[O-].CCCCCCCCCC(=O)[O-].CCCCCCCCCC(=O)[O-].CCCCCCCCCC(=O)[O-].CCCCCCCCCC(=O)[O-].[Nb+3].[Nb+3]. The summed E-state index contributed by atoms with van der Waals surface area (Å²) in [6.45, 7) is 13.1. The van der Waals surface area contributed by atoms with Crippen LogP contribution in [0, 0.1) is 0 Å². The molecule has 0 saturated heterocycles. The van der Waals surface area contributed by atoms with Crippen molar-refractivity contribution in [2.24, 2.45) is 0 Å². The number of carbonyl (C=O) groups is 6. The van der Waals surface area contributed by atoms with Crippen LogP contribution >= 0.6 is 0 Å². The topological polar surface area (TPSA) is 241 Å². The molecule has 0 aromatic heterocycles. The van der Waals surface area contributed by atoms with E-state index in [9.17, 15) is 59.4 Å². The summed E-state index contributed by atoms with van der Waals surface area (Å²) in [4.78, 5) is 60.1. The average molecular weight is 1210 g/mol. The van der Waals surface area contributed by atoms with Gasteiger partial charge >= 0.3 is 44.8 Å². The molecule has 0 atom stereocenters. The van der Waals surface area contributed by atoms with Crippen LogP contribution in [0.15, 0.2) is 0 Å². The Balaban J connectivity index is -0.000000117. The zero-order valence-electron chi connectivity index (χ0n) is 48.7. The van der Waals surface area contributed by atoms with Gasteiger partial charge in [-0.15, -0.1) is 0 Å². The van der Waals surface area contributed by atoms with Gasteiger partial charge in [0.05, 0.1) is 0 Å². The zero-order chi connectivity index (χ0) is 55.4. The molecule has 0 amide bonds. The van der Waals surface area contributed by atoms with Gasteiger partial charge in [0.15, 0.2) is 0 Å². The molecule has 436 valence electrons. The molecule has 0 N–H and O–H groups in total. The molecule has 0 spiro atoms. The van der Waals surface area contributed by atoms with E-state index in [2.05, 4.69) is 41.5 Å². The van der Waals surface area contributed by atoms with Gasteiger partial charge in [0.25, 0.3) is 0 Å². The first kappa shape index (κ1) is 88.9. The van der Waals surface area contributed by atoms with Crippen LogP contribution in [0.1, 0.15) is 350 Å². The van der Waals surface area contributed by atoms with E-state index in [0.29, 0.717) is 0 Å². The average Bonchev–Trinajstić information content (AvgIpc) is 3.33. The van der Waals surface area contributed by atoms with Crippen LogP contribution in [0.3, 0.4) is 0 Å². The standard InChI is InChI=1S/6C10H20O2.2Nb/c6*1-2-3-4-5-6-7-8-9-10(11)12;;/h6*2-9H2,1H3,(H,11,12);;/q;;;;;;2*+3/p-6. The molecule has 0 saturated carbocycles. The second kappa shape index (κ2) is 85.2. The monoisotopic (exact) mass is 1210 g/mol. The Kier molecular flexibility index (Phi) is 102. The molecule has 12 nitrogen and oxygen atoms in total. The quantitative estimate of drug-likeness (QED) is 0.0408. The van der Waals surface area contributed by atoms with E-state index >= 15 is 0 Å². The summed E-state index contributed by atoms with van der Waals surface area (Å²) in [5.41, 5.74) is 0. The second-order valence-corrected chi connectivity index (χ2v) is 19.5. The van der Waals surface area contributed by atoms with Gasteiger partial charge in [-0.1, -0.05) is 273 Å². The van der Waals surface area contributed by atoms with E-state index in [1.54, 1.807) is 0 Å². The van der Waals surface area contributed by atoms with Crippen molar-refractivity contribution in [3.8, 4) is 0 Å². The fourth-order valence-electron chi connectivity index (χ4n) is 7.36. The number of rotatable bonds is 48. The maximum absolute atomic E-state index is 10.0. The number of carbonyl (C=O) groups excluding carboxylic acids is 6. The third kappa shape index (κ3) is 123. The minimum atomic E-state index is -0.913. The van der Waals surface area contributed by atoms with Crippen LogP contribution in [-0.4, -0.2) is 35.8 Å². The summed E-state index contributed by atoms with van der Waals surface area (Å²) in [6.07, 6.45) is 50.1. The first-order valence-electron chi connectivity index (χ1n) is 29.8. The second-order valence-electron chi connectivity index (χ2n) is 19.5. The van der Waals surface area contributed by atoms with Crippen LogP contribution in [0.2, 0.25) is 0 Å². The van der Waals surface area contributed by atoms with Gasteiger partial charge in [0, 0.05) is 35.8 Å². The molecule has 0 bridgehead atoms. The van der Waals surface area contributed by atoms with E-state index in [1.165, 1.54) is 193 Å². The van der Waals surface area contributed by atoms with Gasteiger partial charge < -0.3 is 59.4 Å². The Labute approximate surface area is 486 Å². The number of carboxylic acids is 6. The molecule has 0 fully saturated rings. The Hall–Kier alpha value is -1.70. The molecule has 0 aromatic carbocycles. The van der Waals surface area contributed by atoms with Gasteiger partial charge in [-0.2, -0.15) is 0 Å². The molecule has 0 aromatic rings. The molecule has 0 rings (SSSR count). The number of carboxylic acid groups (broad SMARTS) is 6. The van der Waals surface area contributed by atoms with Crippen LogP contribution in [-0.2, 0) is 73.5 Å². The van der Waals surface area contributed by atoms with Crippen molar-refractivity contribution in [2.45, 2.75) is 350 Å². The van der Waals surface area contributed by atoms with Crippen molar-refractivity contribution in [1.29, 1.82) is 0 Å². The molecule has 0 radical (unpaired) electrons. The van der Waals surface area contributed by atoms with Crippen LogP contribution < -0.4 is 30.6 Å². The molecule has 0 heterocycles. The van der Waals surface area contributed by atoms with Gasteiger partial charge in [-0.25, -0.2) is 0 Å². The maximum atomic E-state index is 10.0. The van der Waals surface area contributed by atoms with E-state index < -0.39 is 35.8 Å². The van der Waals surface area contributed by atoms with Gasteiger partial charge in [-0.05, 0) is 77.0 Å². The molecule has 0 aliphatic heterocycles. The predicted octanol–water partition coefficient (Wildman–Crippen LogP) is 11.3. The summed E-state index contributed by atoms with van der Waals surface area (Å²) in [6, 6.07) is 0. The summed E-state index contributed by atoms with van der Waals surface area (Å²) in [5.74, 6) is -5.48. The van der Waals surface area contributed by atoms with E-state index in [-0.39, 0.29) is 83.3 Å². The van der Waals surface area contributed by atoms with E-state index in [4.69, 9.17) is 0 Å². The number of hydrogen-bond acceptors (Lipinski definition) is 12. The largest absolute Gasteiger partial charge is 3.00 e. The maximum Gasteiger partial charge on any atom is 3.00 e. The normalized spacial score (nSPS) is 9.81. The number of aliphatic carboxylic acids is 6. The fourth-order valence-corrected chi connectivity index (χ4v) is 7.36. The van der Waals surface area contributed by atoms with Gasteiger partial charge in [0.1, 0.15) is 0 Å². The van der Waals surface area contributed by atoms with Gasteiger partial charge in [-0.3, -0.25) is 0 Å². The third-order valence-corrected chi connectivity index (χ3v) is 11.9. The van der Waals surface area contributed by atoms with Gasteiger partial charge in [0.2, 0.25) is 0 Å². The molecule has 0 unspecified atom stereocenters. The van der Waals surface area contributed by atoms with Crippen LogP contribution in [0.25, 0.3) is 0 Å². The van der Waals surface area contributed by atoms with Crippen molar-refractivity contribution in [2.75, 3.05) is 0 Å². The zero-order valence-corrected chi connectivity index (χ0v) is 53.1. The number of unbranched alkanes of at least 4 members (excludes halogenated alkanes) is 36. The molecular formula is C60H114Nb2O12. The number of hydrogen-bond donors (Lipinski definition) is 0. The third-order valence-electron chi connectivity index (χ3n) is 11.9. The predicted molar refractivity (Wildman–Crippen MR) is 286 cm³/mol. The van der Waals surface area contributed by atoms with Crippen molar-refractivity contribution in [3.05, 3.63) is 0 Å². The Morgan fingerprint density at radius 3 is 0.338 bits per heavy atom. The minimum absolute atomic E-state index is 0. The Morgan fingerprint density at radius 2 is 0.257 bits per heavy atom. The summed E-state index contributed by atoms with van der Waals surface area (Å²) >= 11 is 0. The van der Waals surface area contributed by atoms with E-state index in [1.807, 2.05) is 0 Å². The minimum Gasteiger partial charge on any atom is -0.550 e. The summed E-state index contributed by atoms with van der Waals surface area (Å²) in [5, 5.41) is 60.1. The van der Waals surface area contributed by atoms with Crippen molar-refractivity contribution in [1.82, 2.24) is 0 Å². The van der Waals surface area contributed by atoms with Crippen molar-refractivity contribution >= 4 is 35.8 Å². The fraction of sp³-hybridized carbons (Fsp3) is 0.900.